The van der Waals surface area contributed by atoms with Crippen molar-refractivity contribution < 1.29 is 18.9 Å². The fraction of sp³-hybridized carbons (Fsp3) is 0.593. The van der Waals surface area contributed by atoms with Crippen molar-refractivity contribution in [2.45, 2.75) is 71.8 Å². The molecule has 0 radical (unpaired) electrons. The van der Waals surface area contributed by atoms with Crippen LogP contribution in [0.4, 0.5) is 0 Å². The average Bonchev–Trinajstić information content (AvgIpc) is 3.06. The largest absolute Gasteiger partial charge is 0.465 e. The molecule has 170 valence electrons. The Labute approximate surface area is 195 Å². The van der Waals surface area contributed by atoms with Crippen LogP contribution in [0.5, 0.6) is 0 Å². The van der Waals surface area contributed by atoms with Gasteiger partial charge in [-0.3, -0.25) is 9.59 Å². The summed E-state index contributed by atoms with van der Waals surface area (Å²) in [4.78, 5) is 26.4. The second-order valence-corrected chi connectivity index (χ2v) is 12.0. The molecule has 5 heteroatoms. The molecule has 1 aromatic heterocycles. The van der Waals surface area contributed by atoms with E-state index in [1.54, 1.807) is 11.3 Å². The highest BCUT2D eigenvalue weighted by atomic mass is 32.1. The standard InChI is InChI=1S/C27H34NO3S/c1-19-24(32-18-28(19)16-23(29)22-6-4-3-5-7-22)8-9-31-25(30)15-27-13-20-10-21(14-27)12-26(2,11-20)17-27/h3-7,18,20-21H,8-17H2,1-2H3/q+1. The third kappa shape index (κ3) is 4.41. The van der Waals surface area contributed by atoms with E-state index in [4.69, 9.17) is 4.74 Å². The van der Waals surface area contributed by atoms with Crippen molar-refractivity contribution in [3.05, 3.63) is 52.0 Å². The Morgan fingerprint density at radius 2 is 1.84 bits per heavy atom. The van der Waals surface area contributed by atoms with Crippen LogP contribution in [0.25, 0.3) is 0 Å². The van der Waals surface area contributed by atoms with E-state index in [2.05, 4.69) is 6.92 Å². The van der Waals surface area contributed by atoms with Gasteiger partial charge in [0.25, 0.3) is 0 Å². The maximum Gasteiger partial charge on any atom is 0.306 e. The van der Waals surface area contributed by atoms with Crippen molar-refractivity contribution in [2.75, 3.05) is 6.61 Å². The number of nitrogens with zero attached hydrogens (tertiary/aromatic N) is 1. The lowest BCUT2D eigenvalue weighted by atomic mass is 9.44. The molecule has 4 nitrogen and oxygen atoms in total. The van der Waals surface area contributed by atoms with Gasteiger partial charge in [0.15, 0.2) is 5.69 Å². The molecule has 0 spiro atoms. The van der Waals surface area contributed by atoms with Gasteiger partial charge in [-0.1, -0.05) is 48.6 Å². The number of esters is 1. The molecule has 4 fully saturated rings. The van der Waals surface area contributed by atoms with Crippen molar-refractivity contribution in [3.63, 3.8) is 0 Å². The van der Waals surface area contributed by atoms with E-state index >= 15 is 0 Å². The highest BCUT2D eigenvalue weighted by Gasteiger charge is 2.56. The highest BCUT2D eigenvalue weighted by Crippen LogP contribution is 2.66. The summed E-state index contributed by atoms with van der Waals surface area (Å²) in [6.07, 6.45) is 9.10. The fourth-order valence-electron chi connectivity index (χ4n) is 7.47. The molecule has 1 aromatic carbocycles. The molecular formula is C27H34NO3S+. The van der Waals surface area contributed by atoms with Gasteiger partial charge in [-0.2, -0.15) is 4.57 Å². The molecule has 32 heavy (non-hydrogen) atoms. The van der Waals surface area contributed by atoms with Crippen molar-refractivity contribution in [2.24, 2.45) is 22.7 Å². The minimum Gasteiger partial charge on any atom is -0.465 e. The second-order valence-electron chi connectivity index (χ2n) is 11.1. The zero-order valence-corrected chi connectivity index (χ0v) is 20.1. The predicted octanol–water partition coefficient (Wildman–Crippen LogP) is 5.31. The quantitative estimate of drug-likeness (QED) is 0.310. The monoisotopic (exact) mass is 452 g/mol. The first-order valence-corrected chi connectivity index (χ1v) is 12.9. The Kier molecular flexibility index (Phi) is 5.73. The number of thiazole rings is 1. The van der Waals surface area contributed by atoms with E-state index in [1.165, 1.54) is 43.4 Å². The number of Topliss-reactive ketones (excluding diaryl/α,β-unsaturated/α-hetero) is 1. The summed E-state index contributed by atoms with van der Waals surface area (Å²) < 4.78 is 7.73. The normalized spacial score (nSPS) is 30.4. The summed E-state index contributed by atoms with van der Waals surface area (Å²) in [5.41, 5.74) is 4.49. The van der Waals surface area contributed by atoms with Crippen molar-refractivity contribution in [3.8, 4) is 0 Å². The zero-order chi connectivity index (χ0) is 22.3. The maximum absolute atomic E-state index is 12.7. The minimum atomic E-state index is -0.0168. The third-order valence-corrected chi connectivity index (χ3v) is 9.30. The first-order chi connectivity index (χ1) is 15.3. The Morgan fingerprint density at radius 1 is 1.12 bits per heavy atom. The lowest BCUT2D eigenvalue weighted by Crippen LogP contribution is -2.51. The minimum absolute atomic E-state index is 0.0168. The van der Waals surface area contributed by atoms with Gasteiger partial charge in [0.2, 0.25) is 17.8 Å². The maximum atomic E-state index is 12.7. The molecule has 0 N–H and O–H groups in total. The first-order valence-electron chi connectivity index (χ1n) is 12.0. The van der Waals surface area contributed by atoms with E-state index in [-0.39, 0.29) is 17.2 Å². The molecule has 0 saturated heterocycles. The molecule has 4 aliphatic carbocycles. The Bertz CT molecular complexity index is 997. The predicted molar refractivity (Wildman–Crippen MR) is 125 cm³/mol. The summed E-state index contributed by atoms with van der Waals surface area (Å²) in [5.74, 6) is 1.75. The van der Waals surface area contributed by atoms with E-state index in [1.807, 2.05) is 47.3 Å². The van der Waals surface area contributed by atoms with Crippen LogP contribution in [-0.2, 0) is 22.5 Å². The van der Waals surface area contributed by atoms with Crippen LogP contribution in [0.2, 0.25) is 0 Å². The van der Waals surface area contributed by atoms with Crippen LogP contribution in [0.1, 0.15) is 72.8 Å². The van der Waals surface area contributed by atoms with Gasteiger partial charge in [0.05, 0.1) is 17.9 Å². The van der Waals surface area contributed by atoms with Gasteiger partial charge in [-0.05, 0) is 61.2 Å². The van der Waals surface area contributed by atoms with Gasteiger partial charge in [0, 0.05) is 18.9 Å². The van der Waals surface area contributed by atoms with Gasteiger partial charge >= 0.3 is 5.97 Å². The number of rotatable bonds is 8. The summed E-state index contributed by atoms with van der Waals surface area (Å²) in [6.45, 7) is 5.26. The smallest absolute Gasteiger partial charge is 0.306 e. The molecule has 0 aliphatic heterocycles. The second kappa shape index (κ2) is 8.40. The average molecular weight is 453 g/mol. The summed E-state index contributed by atoms with van der Waals surface area (Å²) in [6, 6.07) is 9.41. The number of benzene rings is 1. The van der Waals surface area contributed by atoms with Gasteiger partial charge < -0.3 is 4.74 Å². The van der Waals surface area contributed by atoms with Crippen molar-refractivity contribution in [1.82, 2.24) is 0 Å². The van der Waals surface area contributed by atoms with Crippen LogP contribution in [0, 0.1) is 29.6 Å². The molecule has 2 aromatic rings. The van der Waals surface area contributed by atoms with Crippen LogP contribution < -0.4 is 4.57 Å². The van der Waals surface area contributed by atoms with Crippen LogP contribution in [0.3, 0.4) is 0 Å². The molecular weight excluding hydrogens is 418 g/mol. The lowest BCUT2D eigenvalue weighted by Gasteiger charge is -2.61. The topological polar surface area (TPSA) is 47.2 Å². The molecule has 4 aliphatic rings. The first kappa shape index (κ1) is 21.8. The number of carbonyl (C=O) groups excluding carboxylic acids is 2. The summed E-state index contributed by atoms with van der Waals surface area (Å²) in [7, 11) is 0. The molecule has 6 rings (SSSR count). The van der Waals surface area contributed by atoms with Crippen LogP contribution >= 0.6 is 11.3 Å². The Balaban J connectivity index is 1.13. The van der Waals surface area contributed by atoms with Crippen LogP contribution in [-0.4, -0.2) is 18.4 Å². The molecule has 2 unspecified atom stereocenters. The lowest BCUT2D eigenvalue weighted by molar-refractivity contribution is -0.684. The van der Waals surface area contributed by atoms with Crippen LogP contribution in [0.15, 0.2) is 35.8 Å². The van der Waals surface area contributed by atoms with E-state index in [9.17, 15) is 9.59 Å². The number of ketones is 1. The SMILES string of the molecule is Cc1c(CCOC(=O)CC23CC4CC(CC(C)(C4)C2)C3)sc[n+]1CC(=O)c1ccccc1. The number of carbonyl (C=O) groups is 2. The Hall–Kier alpha value is -2.01. The number of hydrogen-bond donors (Lipinski definition) is 0. The number of ether oxygens (including phenoxy) is 1. The number of hydrogen-bond acceptors (Lipinski definition) is 4. The summed E-state index contributed by atoms with van der Waals surface area (Å²) in [5, 5.41) is 0. The van der Waals surface area contributed by atoms with Gasteiger partial charge in [-0.25, -0.2) is 0 Å². The summed E-state index contributed by atoms with van der Waals surface area (Å²) >= 11 is 1.64. The van der Waals surface area contributed by atoms with Gasteiger partial charge in [0.1, 0.15) is 0 Å². The molecule has 0 amide bonds. The van der Waals surface area contributed by atoms with E-state index in [0.29, 0.717) is 31.4 Å². The van der Waals surface area contributed by atoms with E-state index < -0.39 is 0 Å². The van der Waals surface area contributed by atoms with Crippen molar-refractivity contribution >= 4 is 23.1 Å². The molecule has 4 saturated carbocycles. The third-order valence-electron chi connectivity index (χ3n) is 8.15. The number of aromatic nitrogens is 1. The van der Waals surface area contributed by atoms with E-state index in [0.717, 1.165) is 23.1 Å². The van der Waals surface area contributed by atoms with Gasteiger partial charge in [-0.15, -0.1) is 0 Å². The molecule has 2 atom stereocenters. The van der Waals surface area contributed by atoms with Crippen molar-refractivity contribution in [1.29, 1.82) is 0 Å². The highest BCUT2D eigenvalue weighted by molar-refractivity contribution is 7.09. The zero-order valence-electron chi connectivity index (χ0n) is 19.3. The molecule has 1 heterocycles. The fourth-order valence-corrected chi connectivity index (χ4v) is 8.44. The molecule has 4 bridgehead atoms. The Morgan fingerprint density at radius 3 is 2.53 bits per heavy atom.